The number of aromatic nitrogens is 1. The smallest absolute Gasteiger partial charge is 0.338 e. The van der Waals surface area contributed by atoms with Gasteiger partial charge in [-0.3, -0.25) is 9.78 Å². The van der Waals surface area contributed by atoms with Crippen molar-refractivity contribution in [3.8, 4) is 11.5 Å². The van der Waals surface area contributed by atoms with Crippen LogP contribution in [-0.2, 0) is 22.7 Å². The first-order valence-electron chi connectivity index (χ1n) is 9.71. The average molecular weight is 420 g/mol. The van der Waals surface area contributed by atoms with Crippen molar-refractivity contribution in [2.75, 3.05) is 20.8 Å². The first-order valence-corrected chi connectivity index (χ1v) is 9.71. The van der Waals surface area contributed by atoms with Crippen LogP contribution in [0.4, 0.5) is 0 Å². The molecule has 0 aliphatic carbocycles. The number of likely N-dealkylation sites (N-methyl/N-ethyl adjacent to an activating group) is 1. The maximum Gasteiger partial charge on any atom is 0.338 e. The van der Waals surface area contributed by atoms with E-state index in [1.807, 2.05) is 48.5 Å². The number of nitrogens with zero attached hydrogens (tertiary/aromatic N) is 2. The van der Waals surface area contributed by atoms with Gasteiger partial charge < -0.3 is 19.1 Å². The van der Waals surface area contributed by atoms with Gasteiger partial charge in [0.25, 0.3) is 5.91 Å². The van der Waals surface area contributed by atoms with Crippen molar-refractivity contribution in [3.63, 3.8) is 0 Å². The number of hydrogen-bond donors (Lipinski definition) is 0. The van der Waals surface area contributed by atoms with E-state index in [1.165, 1.54) is 29.4 Å². The summed E-state index contributed by atoms with van der Waals surface area (Å²) < 4.78 is 16.4. The molecule has 160 valence electrons. The highest BCUT2D eigenvalue weighted by Gasteiger charge is 2.15. The lowest BCUT2D eigenvalue weighted by atomic mass is 10.2. The molecule has 7 nitrogen and oxygen atoms in total. The van der Waals surface area contributed by atoms with E-state index < -0.39 is 5.97 Å². The molecule has 0 fully saturated rings. The van der Waals surface area contributed by atoms with Crippen LogP contribution in [0.1, 0.15) is 21.5 Å². The molecule has 0 atom stereocenters. The minimum absolute atomic E-state index is 0.314. The Balaban J connectivity index is 1.54. The summed E-state index contributed by atoms with van der Waals surface area (Å²) in [6, 6.07) is 18.4. The van der Waals surface area contributed by atoms with Crippen LogP contribution in [0, 0.1) is 0 Å². The van der Waals surface area contributed by atoms with E-state index in [1.54, 1.807) is 14.2 Å². The Kier molecular flexibility index (Phi) is 7.59. The Morgan fingerprint density at radius 3 is 2.39 bits per heavy atom. The standard InChI is InChI=1S/C24H24N2O5/c1-26(23(27)17-31-24(28)20-10-12-25-13-11-20)15-19-8-9-21(22(14-19)29-2)30-16-18-6-4-3-5-7-18/h3-14H,15-17H2,1-2H3. The number of ether oxygens (including phenoxy) is 3. The van der Waals surface area contributed by atoms with Gasteiger partial charge in [-0.2, -0.15) is 0 Å². The van der Waals surface area contributed by atoms with Crippen LogP contribution in [0.25, 0.3) is 0 Å². The van der Waals surface area contributed by atoms with Gasteiger partial charge in [0.1, 0.15) is 6.61 Å². The van der Waals surface area contributed by atoms with E-state index in [9.17, 15) is 9.59 Å². The second-order valence-corrected chi connectivity index (χ2v) is 6.82. The van der Waals surface area contributed by atoms with Gasteiger partial charge in [-0.25, -0.2) is 4.79 Å². The molecule has 0 saturated carbocycles. The second kappa shape index (κ2) is 10.8. The number of carbonyl (C=O) groups excluding carboxylic acids is 2. The molecule has 7 heteroatoms. The molecule has 0 bridgehead atoms. The summed E-state index contributed by atoms with van der Waals surface area (Å²) in [5.74, 6) is 0.324. The minimum atomic E-state index is -0.564. The van der Waals surface area contributed by atoms with Crippen molar-refractivity contribution >= 4 is 11.9 Å². The van der Waals surface area contributed by atoms with Crippen LogP contribution >= 0.6 is 0 Å². The van der Waals surface area contributed by atoms with Crippen molar-refractivity contribution in [1.29, 1.82) is 0 Å². The molecular formula is C24H24N2O5. The summed E-state index contributed by atoms with van der Waals surface area (Å²) in [5.41, 5.74) is 2.27. The van der Waals surface area contributed by atoms with Crippen molar-refractivity contribution < 1.29 is 23.8 Å². The van der Waals surface area contributed by atoms with Gasteiger partial charge in [-0.05, 0) is 35.4 Å². The molecule has 31 heavy (non-hydrogen) atoms. The molecule has 2 aromatic carbocycles. The van der Waals surface area contributed by atoms with E-state index in [4.69, 9.17) is 14.2 Å². The molecule has 1 aromatic heterocycles. The number of hydrogen-bond acceptors (Lipinski definition) is 6. The third-order valence-electron chi connectivity index (χ3n) is 4.55. The number of pyridine rings is 1. The van der Waals surface area contributed by atoms with Crippen molar-refractivity contribution in [3.05, 3.63) is 89.7 Å². The zero-order chi connectivity index (χ0) is 22.1. The lowest BCUT2D eigenvalue weighted by molar-refractivity contribution is -0.133. The van der Waals surface area contributed by atoms with Crippen LogP contribution < -0.4 is 9.47 Å². The fourth-order valence-corrected chi connectivity index (χ4v) is 2.84. The van der Waals surface area contributed by atoms with Crippen LogP contribution in [0.15, 0.2) is 73.1 Å². The van der Waals surface area contributed by atoms with Gasteiger partial charge >= 0.3 is 5.97 Å². The highest BCUT2D eigenvalue weighted by Crippen LogP contribution is 2.29. The number of rotatable bonds is 9. The molecule has 1 heterocycles. The van der Waals surface area contributed by atoms with E-state index in [0.29, 0.717) is 30.2 Å². The fraction of sp³-hybridized carbons (Fsp3) is 0.208. The quantitative estimate of drug-likeness (QED) is 0.493. The number of carbonyl (C=O) groups is 2. The van der Waals surface area contributed by atoms with Crippen molar-refractivity contribution in [1.82, 2.24) is 9.88 Å². The van der Waals surface area contributed by atoms with Gasteiger partial charge in [0.2, 0.25) is 0 Å². The lowest BCUT2D eigenvalue weighted by Gasteiger charge is -2.18. The Hall–Kier alpha value is -3.87. The lowest BCUT2D eigenvalue weighted by Crippen LogP contribution is -2.30. The Morgan fingerprint density at radius 1 is 0.935 bits per heavy atom. The van der Waals surface area contributed by atoms with Gasteiger partial charge in [0.05, 0.1) is 12.7 Å². The zero-order valence-electron chi connectivity index (χ0n) is 17.5. The van der Waals surface area contributed by atoms with Gasteiger partial charge in [0, 0.05) is 26.0 Å². The van der Waals surface area contributed by atoms with E-state index in [0.717, 1.165) is 11.1 Å². The monoisotopic (exact) mass is 420 g/mol. The second-order valence-electron chi connectivity index (χ2n) is 6.82. The molecular weight excluding hydrogens is 396 g/mol. The Morgan fingerprint density at radius 2 is 1.68 bits per heavy atom. The molecule has 3 rings (SSSR count). The summed E-state index contributed by atoms with van der Waals surface area (Å²) in [4.78, 5) is 29.6. The first-order chi connectivity index (χ1) is 15.1. The molecule has 0 radical (unpaired) electrons. The van der Waals surface area contributed by atoms with Gasteiger partial charge in [0.15, 0.2) is 18.1 Å². The molecule has 0 spiro atoms. The fourth-order valence-electron chi connectivity index (χ4n) is 2.84. The summed E-state index contributed by atoms with van der Waals surface area (Å²) in [5, 5.41) is 0. The molecule has 0 aliphatic rings. The molecule has 0 aliphatic heterocycles. The maximum absolute atomic E-state index is 12.3. The summed E-state index contributed by atoms with van der Waals surface area (Å²) in [6.45, 7) is 0.422. The first kappa shape index (κ1) is 21.8. The summed E-state index contributed by atoms with van der Waals surface area (Å²) in [6.07, 6.45) is 2.98. The van der Waals surface area contributed by atoms with Gasteiger partial charge in [-0.1, -0.05) is 36.4 Å². The zero-order valence-corrected chi connectivity index (χ0v) is 17.5. The third kappa shape index (κ3) is 6.30. The number of esters is 1. The van der Waals surface area contributed by atoms with E-state index in [2.05, 4.69) is 4.98 Å². The Labute approximate surface area is 181 Å². The number of benzene rings is 2. The number of amides is 1. The van der Waals surface area contributed by atoms with Crippen LogP contribution in [-0.4, -0.2) is 42.5 Å². The highest BCUT2D eigenvalue weighted by molar-refractivity contribution is 5.91. The van der Waals surface area contributed by atoms with Crippen LogP contribution in [0.5, 0.6) is 11.5 Å². The SMILES string of the molecule is COc1cc(CN(C)C(=O)COC(=O)c2ccncc2)ccc1OCc1ccccc1. The number of methoxy groups -OCH3 is 1. The third-order valence-corrected chi connectivity index (χ3v) is 4.55. The average Bonchev–Trinajstić information content (AvgIpc) is 2.82. The maximum atomic E-state index is 12.3. The minimum Gasteiger partial charge on any atom is -0.493 e. The normalized spacial score (nSPS) is 10.3. The molecule has 1 amide bonds. The topological polar surface area (TPSA) is 78.0 Å². The van der Waals surface area contributed by atoms with E-state index in [-0.39, 0.29) is 12.5 Å². The van der Waals surface area contributed by atoms with Crippen molar-refractivity contribution in [2.45, 2.75) is 13.2 Å². The van der Waals surface area contributed by atoms with E-state index >= 15 is 0 Å². The molecule has 3 aromatic rings. The summed E-state index contributed by atoms with van der Waals surface area (Å²) in [7, 11) is 3.22. The van der Waals surface area contributed by atoms with Crippen LogP contribution in [0.2, 0.25) is 0 Å². The summed E-state index contributed by atoms with van der Waals surface area (Å²) >= 11 is 0. The highest BCUT2D eigenvalue weighted by atomic mass is 16.5. The predicted octanol–water partition coefficient (Wildman–Crippen LogP) is 3.48. The largest absolute Gasteiger partial charge is 0.493 e. The molecule has 0 saturated heterocycles. The predicted molar refractivity (Wildman–Crippen MR) is 115 cm³/mol. The van der Waals surface area contributed by atoms with Gasteiger partial charge in [-0.15, -0.1) is 0 Å². The molecule has 0 unspecified atom stereocenters. The van der Waals surface area contributed by atoms with Crippen molar-refractivity contribution in [2.24, 2.45) is 0 Å². The molecule has 0 N–H and O–H groups in total. The Bertz CT molecular complexity index is 1010. The van der Waals surface area contributed by atoms with Crippen LogP contribution in [0.3, 0.4) is 0 Å².